The maximum Gasteiger partial charge on any atom is 0.269 e. The fourth-order valence-corrected chi connectivity index (χ4v) is 4.47. The maximum atomic E-state index is 12.3. The third-order valence-corrected chi connectivity index (χ3v) is 6.27. The van der Waals surface area contributed by atoms with Crippen LogP contribution >= 0.6 is 11.8 Å². The van der Waals surface area contributed by atoms with Gasteiger partial charge in [-0.2, -0.15) is 5.10 Å². The highest BCUT2D eigenvalue weighted by Gasteiger charge is 2.20. The van der Waals surface area contributed by atoms with Crippen molar-refractivity contribution in [2.24, 2.45) is 0 Å². The van der Waals surface area contributed by atoms with Crippen LogP contribution < -0.4 is 10.2 Å². The minimum atomic E-state index is -0.455. The summed E-state index contributed by atoms with van der Waals surface area (Å²) in [4.78, 5) is 34.5. The van der Waals surface area contributed by atoms with E-state index in [-0.39, 0.29) is 18.0 Å². The highest BCUT2D eigenvalue weighted by molar-refractivity contribution is 7.99. The number of anilines is 1. The van der Waals surface area contributed by atoms with Gasteiger partial charge in [0.25, 0.3) is 5.69 Å². The molecule has 0 atom stereocenters. The molecule has 0 aliphatic carbocycles. The number of piperidine rings is 1. The van der Waals surface area contributed by atoms with Crippen LogP contribution in [0.1, 0.15) is 31.7 Å². The number of carbonyl (C=O) groups excluding carboxylic acids is 1. The molecule has 0 saturated carbocycles. The summed E-state index contributed by atoms with van der Waals surface area (Å²) in [5.41, 5.74) is 1.52. The zero-order valence-electron chi connectivity index (χ0n) is 18.6. The number of nitrogens with zero attached hydrogens (tertiary/aromatic N) is 6. The van der Waals surface area contributed by atoms with E-state index in [1.807, 2.05) is 10.9 Å². The van der Waals surface area contributed by atoms with E-state index in [4.69, 9.17) is 9.97 Å². The molecule has 33 heavy (non-hydrogen) atoms. The molecular formula is C22H27N7O3S. The first-order valence-corrected chi connectivity index (χ1v) is 12.1. The smallest absolute Gasteiger partial charge is 0.269 e. The summed E-state index contributed by atoms with van der Waals surface area (Å²) in [5.74, 6) is 1.69. The maximum absolute atomic E-state index is 12.3. The lowest BCUT2D eigenvalue weighted by atomic mass is 10.1. The van der Waals surface area contributed by atoms with Gasteiger partial charge in [-0.15, -0.1) is 0 Å². The Kier molecular flexibility index (Phi) is 7.38. The number of carbonyl (C=O) groups is 1. The first-order chi connectivity index (χ1) is 16.0. The molecule has 1 fully saturated rings. The molecule has 1 saturated heterocycles. The first-order valence-electron chi connectivity index (χ1n) is 11.2. The van der Waals surface area contributed by atoms with Crippen molar-refractivity contribution in [3.8, 4) is 0 Å². The zero-order valence-corrected chi connectivity index (χ0v) is 19.4. The Morgan fingerprint density at radius 2 is 1.94 bits per heavy atom. The second kappa shape index (κ2) is 10.6. The zero-order chi connectivity index (χ0) is 23.2. The molecule has 174 valence electrons. The van der Waals surface area contributed by atoms with Gasteiger partial charge in [0.05, 0.1) is 29.5 Å². The predicted molar refractivity (Wildman–Crippen MR) is 128 cm³/mol. The number of nitro groups is 1. The van der Waals surface area contributed by atoms with Gasteiger partial charge in [-0.05, 0) is 30.6 Å². The van der Waals surface area contributed by atoms with Gasteiger partial charge in [0.1, 0.15) is 5.82 Å². The predicted octanol–water partition coefficient (Wildman–Crippen LogP) is 3.20. The average Bonchev–Trinajstić information content (AvgIpc) is 3.22. The SMILES string of the molecule is CCSc1nc(N2CCCCC2)c2cnn(CCNC(=O)Cc3ccc([N+](=O)[O-])cc3)c2n1. The fraction of sp³-hybridized carbons (Fsp3) is 0.455. The van der Waals surface area contributed by atoms with E-state index < -0.39 is 4.92 Å². The van der Waals surface area contributed by atoms with Crippen molar-refractivity contribution in [2.75, 3.05) is 30.3 Å². The lowest BCUT2D eigenvalue weighted by Gasteiger charge is -2.28. The number of rotatable bonds is 9. The lowest BCUT2D eigenvalue weighted by Crippen LogP contribution is -2.30. The van der Waals surface area contributed by atoms with Gasteiger partial charge in [-0.1, -0.05) is 30.8 Å². The molecule has 3 aromatic rings. The quantitative estimate of drug-likeness (QED) is 0.220. The summed E-state index contributed by atoms with van der Waals surface area (Å²) in [6, 6.07) is 6.02. The van der Waals surface area contributed by atoms with Gasteiger partial charge in [0.15, 0.2) is 10.8 Å². The lowest BCUT2D eigenvalue weighted by molar-refractivity contribution is -0.384. The number of amides is 1. The molecule has 0 spiro atoms. The standard InChI is InChI=1S/C22H27N7O3S/c1-2-33-22-25-20(27-11-4-3-5-12-27)18-15-24-28(21(18)26-22)13-10-23-19(30)14-16-6-8-17(9-7-16)29(31)32/h6-9,15H,2-5,10-14H2,1H3,(H,23,30). The van der Waals surface area contributed by atoms with E-state index in [0.717, 1.165) is 59.3 Å². The fourth-order valence-electron chi connectivity index (χ4n) is 3.91. The third kappa shape index (κ3) is 5.59. The van der Waals surface area contributed by atoms with Crippen molar-refractivity contribution in [3.05, 3.63) is 46.1 Å². The molecule has 4 rings (SSSR count). The highest BCUT2D eigenvalue weighted by atomic mass is 32.2. The van der Waals surface area contributed by atoms with E-state index in [1.54, 1.807) is 23.9 Å². The Bertz CT molecular complexity index is 1130. The Morgan fingerprint density at radius 1 is 1.18 bits per heavy atom. The van der Waals surface area contributed by atoms with Gasteiger partial charge < -0.3 is 10.2 Å². The molecule has 1 aromatic carbocycles. The summed E-state index contributed by atoms with van der Waals surface area (Å²) < 4.78 is 1.82. The molecule has 1 amide bonds. The Morgan fingerprint density at radius 3 is 2.64 bits per heavy atom. The van der Waals surface area contributed by atoms with Crippen LogP contribution in [0.3, 0.4) is 0 Å². The van der Waals surface area contributed by atoms with Crippen LogP contribution in [0.15, 0.2) is 35.6 Å². The number of hydrogen-bond donors (Lipinski definition) is 1. The molecular weight excluding hydrogens is 442 g/mol. The summed E-state index contributed by atoms with van der Waals surface area (Å²) in [6.45, 7) is 4.96. The third-order valence-electron chi connectivity index (χ3n) is 5.54. The number of nitro benzene ring substituents is 1. The molecule has 2 aromatic heterocycles. The molecule has 1 aliphatic heterocycles. The van der Waals surface area contributed by atoms with Crippen LogP contribution in [0.4, 0.5) is 11.5 Å². The first kappa shape index (κ1) is 23.0. The van der Waals surface area contributed by atoms with Gasteiger partial charge in [0, 0.05) is 31.8 Å². The van der Waals surface area contributed by atoms with Crippen molar-refractivity contribution >= 4 is 40.2 Å². The molecule has 0 bridgehead atoms. The summed E-state index contributed by atoms with van der Waals surface area (Å²) in [5, 5.41) is 19.9. The number of non-ortho nitro benzene ring substituents is 1. The molecule has 1 aliphatic rings. The van der Waals surface area contributed by atoms with Crippen LogP contribution in [0.25, 0.3) is 11.0 Å². The summed E-state index contributed by atoms with van der Waals surface area (Å²) in [7, 11) is 0. The number of fused-ring (bicyclic) bond motifs is 1. The molecule has 0 radical (unpaired) electrons. The van der Waals surface area contributed by atoms with Crippen molar-refractivity contribution in [1.29, 1.82) is 0 Å². The Balaban J connectivity index is 1.42. The van der Waals surface area contributed by atoms with Crippen molar-refractivity contribution < 1.29 is 9.72 Å². The van der Waals surface area contributed by atoms with Crippen molar-refractivity contribution in [3.63, 3.8) is 0 Å². The van der Waals surface area contributed by atoms with Crippen LogP contribution in [0.2, 0.25) is 0 Å². The molecule has 10 nitrogen and oxygen atoms in total. The summed E-state index contributed by atoms with van der Waals surface area (Å²) >= 11 is 1.61. The second-order valence-corrected chi connectivity index (χ2v) is 9.10. The molecule has 0 unspecified atom stereocenters. The van der Waals surface area contributed by atoms with Crippen LogP contribution in [0.5, 0.6) is 0 Å². The highest BCUT2D eigenvalue weighted by Crippen LogP contribution is 2.29. The van der Waals surface area contributed by atoms with Crippen LogP contribution in [-0.4, -0.2) is 56.0 Å². The Labute approximate surface area is 195 Å². The van der Waals surface area contributed by atoms with E-state index in [9.17, 15) is 14.9 Å². The molecule has 1 N–H and O–H groups in total. The van der Waals surface area contributed by atoms with Crippen molar-refractivity contribution in [1.82, 2.24) is 25.1 Å². The topological polar surface area (TPSA) is 119 Å². The van der Waals surface area contributed by atoms with E-state index >= 15 is 0 Å². The van der Waals surface area contributed by atoms with Gasteiger partial charge in [-0.25, -0.2) is 14.6 Å². The van der Waals surface area contributed by atoms with Crippen LogP contribution in [0, 0.1) is 10.1 Å². The van der Waals surface area contributed by atoms with E-state index in [1.165, 1.54) is 18.6 Å². The number of aromatic nitrogens is 4. The van der Waals surface area contributed by atoms with E-state index in [2.05, 4.69) is 22.2 Å². The summed E-state index contributed by atoms with van der Waals surface area (Å²) in [6.07, 6.45) is 5.56. The number of benzene rings is 1. The normalized spacial score (nSPS) is 13.9. The number of hydrogen-bond acceptors (Lipinski definition) is 8. The van der Waals surface area contributed by atoms with E-state index in [0.29, 0.717) is 13.1 Å². The second-order valence-electron chi connectivity index (χ2n) is 7.87. The average molecular weight is 470 g/mol. The van der Waals surface area contributed by atoms with Gasteiger partial charge in [0.2, 0.25) is 5.91 Å². The number of thioether (sulfide) groups is 1. The minimum absolute atomic E-state index is 0.0104. The minimum Gasteiger partial charge on any atom is -0.356 e. The largest absolute Gasteiger partial charge is 0.356 e. The van der Waals surface area contributed by atoms with Gasteiger partial charge >= 0.3 is 0 Å². The Hall–Kier alpha value is -3.21. The van der Waals surface area contributed by atoms with Crippen LogP contribution in [-0.2, 0) is 17.8 Å². The molecule has 3 heterocycles. The monoisotopic (exact) mass is 469 g/mol. The number of nitrogens with one attached hydrogen (secondary N) is 1. The molecule has 11 heteroatoms. The van der Waals surface area contributed by atoms with Crippen molar-refractivity contribution in [2.45, 2.75) is 44.3 Å². The van der Waals surface area contributed by atoms with Gasteiger partial charge in [-0.3, -0.25) is 14.9 Å².